The van der Waals surface area contributed by atoms with Gasteiger partial charge in [-0.1, -0.05) is 15.5 Å². The van der Waals surface area contributed by atoms with Crippen LogP contribution in [0.15, 0.2) is 108 Å². The number of nitrogens with one attached hydrogen (secondary N) is 1. The number of carbonyl (C=O) groups excluding carboxylic acids is 2. The lowest BCUT2D eigenvalue weighted by molar-refractivity contribution is 0.0689. The van der Waals surface area contributed by atoms with Crippen LogP contribution in [0.25, 0.3) is 16.1 Å². The Morgan fingerprint density at radius 3 is 1.97 bits per heavy atom. The summed E-state index contributed by atoms with van der Waals surface area (Å²) in [4.78, 5) is 67.5. The van der Waals surface area contributed by atoms with Gasteiger partial charge >= 0.3 is 11.9 Å². The Morgan fingerprint density at radius 1 is 0.822 bits per heavy atom. The largest absolute Gasteiger partial charge is 0.478 e. The molecule has 2 bridgehead atoms. The lowest BCUT2D eigenvalue weighted by Crippen LogP contribution is -2.28. The molecular weight excluding hydrogens is 1310 g/mol. The van der Waals surface area contributed by atoms with E-state index in [1.54, 1.807) is 48.0 Å². The highest BCUT2D eigenvalue weighted by atomic mass is 79.9. The van der Waals surface area contributed by atoms with Gasteiger partial charge in [0.1, 0.15) is 62.8 Å². The number of nitriles is 2. The van der Waals surface area contributed by atoms with Crippen LogP contribution in [0, 0.1) is 46.7 Å². The van der Waals surface area contributed by atoms with E-state index < -0.39 is 41.7 Å². The van der Waals surface area contributed by atoms with Gasteiger partial charge in [-0.05, 0) is 114 Å². The molecule has 8 N–H and O–H groups in total. The van der Waals surface area contributed by atoms with E-state index in [0.717, 1.165) is 17.8 Å². The highest BCUT2D eigenvalue weighted by Crippen LogP contribution is 2.35. The van der Waals surface area contributed by atoms with Crippen molar-refractivity contribution >= 4 is 73.0 Å². The summed E-state index contributed by atoms with van der Waals surface area (Å²) in [5, 5.41) is 41.0. The standard InChI is InChI=1S/C19H16BrFN6O3.C19H15FN6O3.C13H11BrFN3O3.C6H7N3O/c1-10(29-18-17(22)24-8-15(20)25-18)14-6-11(21)4-5-13(14)19(28)27(3)9-12-7-16(23-2)30-26-12;1-9-12-5-10(20)3-4-11(12)19(27)26(2)8-14-16(15(6-21)29-25-14)13-7-23-17(22)18(24-13)28-9;1-6(21-12-11(16)17-5-10(14)18-12)9-4-7(15)2-3-8(9)13(19)20;1-8-4-5-2-6(3-7)10-9-5/h4-8,10H,9H2,1,3H3,(H2,22,24);3-5,7,9H,8H2,1-2H3,(H2,22,23);2-6H,1H3,(H2,16,17)(H,19,20);2,8H,4H2,1H3/t10-;9-;6-;/m111./s1. The number of rotatable bonds is 12. The van der Waals surface area contributed by atoms with Crippen LogP contribution in [0.4, 0.5) is 36.5 Å². The van der Waals surface area contributed by atoms with Crippen molar-refractivity contribution in [1.82, 2.24) is 60.5 Å². The molecule has 0 fully saturated rings. The number of halogens is 5. The first kappa shape index (κ1) is 66.4. The van der Waals surface area contributed by atoms with Crippen LogP contribution < -0.4 is 36.7 Å². The van der Waals surface area contributed by atoms with Gasteiger partial charge < -0.3 is 65.2 Å². The fourth-order valence-electron chi connectivity index (χ4n) is 8.22. The molecule has 6 aromatic heterocycles. The summed E-state index contributed by atoms with van der Waals surface area (Å²) < 4.78 is 73.6. The average Bonchev–Trinajstić information content (AvgIpc) is 1.55. The molecule has 0 saturated heterocycles. The number of carbonyl (C=O) groups is 3. The van der Waals surface area contributed by atoms with Gasteiger partial charge in [-0.2, -0.15) is 15.4 Å². The van der Waals surface area contributed by atoms with E-state index in [1.807, 2.05) is 12.1 Å². The van der Waals surface area contributed by atoms with Crippen molar-refractivity contribution in [2.75, 3.05) is 38.3 Å². The summed E-state index contributed by atoms with van der Waals surface area (Å²) in [6.07, 6.45) is 1.92. The lowest BCUT2D eigenvalue weighted by atomic mass is 10.0. The molecule has 7 heterocycles. The summed E-state index contributed by atoms with van der Waals surface area (Å²) in [7, 11) is 4.93. The van der Waals surface area contributed by atoms with Crippen LogP contribution in [0.3, 0.4) is 0 Å². The lowest BCUT2D eigenvalue weighted by Gasteiger charge is -2.23. The molecule has 3 atom stereocenters. The summed E-state index contributed by atoms with van der Waals surface area (Å²) >= 11 is 6.32. The molecule has 9 aromatic rings. The fraction of sp³-hybridized carbons (Fsp3) is 0.211. The molecule has 0 unspecified atom stereocenters. The maximum absolute atomic E-state index is 14.0. The van der Waals surface area contributed by atoms with Crippen molar-refractivity contribution in [2.45, 2.75) is 58.7 Å². The molecule has 10 rings (SSSR count). The van der Waals surface area contributed by atoms with Gasteiger partial charge in [0.25, 0.3) is 29.5 Å². The Hall–Kier alpha value is -11.1. The summed E-state index contributed by atoms with van der Waals surface area (Å²) in [5.74, 6) is -3.09. The summed E-state index contributed by atoms with van der Waals surface area (Å²) in [6, 6.07) is 17.8. The second-order valence-electron chi connectivity index (χ2n) is 18.9. The normalized spacial score (nSPS) is 12.8. The van der Waals surface area contributed by atoms with Gasteiger partial charge in [-0.25, -0.2) is 47.9 Å². The molecule has 0 aliphatic carbocycles. The van der Waals surface area contributed by atoms with Crippen molar-refractivity contribution < 1.29 is 60.4 Å². The number of nitrogen functional groups attached to an aromatic ring is 3. The minimum atomic E-state index is -1.17. The molecule has 2 amide bonds. The third-order valence-corrected chi connectivity index (χ3v) is 13.2. The minimum Gasteiger partial charge on any atom is -0.478 e. The number of aromatic nitrogens is 9. The molecule has 28 nitrogen and oxygen atoms in total. The van der Waals surface area contributed by atoms with Gasteiger partial charge in [0.05, 0.1) is 66.5 Å². The number of anilines is 3. The minimum absolute atomic E-state index is 0.00979. The number of nitrogens with two attached hydrogens (primary N) is 3. The van der Waals surface area contributed by atoms with Crippen molar-refractivity contribution in [3.05, 3.63) is 185 Å². The molecule has 462 valence electrons. The van der Waals surface area contributed by atoms with Crippen LogP contribution in [0.2, 0.25) is 0 Å². The van der Waals surface area contributed by atoms with Crippen LogP contribution in [0.1, 0.15) is 115 Å². The van der Waals surface area contributed by atoms with Gasteiger partial charge in [-0.3, -0.25) is 9.59 Å². The molecule has 90 heavy (non-hydrogen) atoms. The first-order chi connectivity index (χ1) is 42.9. The smallest absolute Gasteiger partial charge is 0.367 e. The van der Waals surface area contributed by atoms with Crippen LogP contribution >= 0.6 is 31.9 Å². The van der Waals surface area contributed by atoms with Crippen molar-refractivity contribution in [3.63, 3.8) is 0 Å². The highest BCUT2D eigenvalue weighted by molar-refractivity contribution is 9.10. The molecule has 33 heteroatoms. The van der Waals surface area contributed by atoms with E-state index in [-0.39, 0.29) is 105 Å². The number of hydrogen-bond donors (Lipinski definition) is 5. The van der Waals surface area contributed by atoms with E-state index >= 15 is 0 Å². The second-order valence-corrected chi connectivity index (χ2v) is 20.5. The third-order valence-electron chi connectivity index (χ3n) is 12.4. The number of carboxylic acid groups (broad SMARTS) is 1. The zero-order valence-corrected chi connectivity index (χ0v) is 51.1. The van der Waals surface area contributed by atoms with Crippen molar-refractivity contribution in [1.29, 1.82) is 10.5 Å². The van der Waals surface area contributed by atoms with Crippen LogP contribution in [0.5, 0.6) is 17.6 Å². The number of aromatic carboxylic acids is 1. The predicted octanol–water partition coefficient (Wildman–Crippen LogP) is 9.43. The number of amides is 2. The number of nitrogens with zero attached hydrogens (tertiary/aromatic N) is 14. The topological polar surface area (TPSA) is 403 Å². The van der Waals surface area contributed by atoms with E-state index in [9.17, 15) is 32.8 Å². The monoisotopic (exact) mass is 1360 g/mol. The number of benzene rings is 3. The van der Waals surface area contributed by atoms with E-state index in [2.05, 4.69) is 91.9 Å². The van der Waals surface area contributed by atoms with E-state index in [0.29, 0.717) is 43.8 Å². The molecule has 1 aliphatic rings. The molecule has 1 aliphatic heterocycles. The zero-order valence-electron chi connectivity index (χ0n) is 47.9. The molecule has 0 spiro atoms. The first-order valence-electron chi connectivity index (χ1n) is 26.0. The van der Waals surface area contributed by atoms with Crippen molar-refractivity contribution in [2.24, 2.45) is 0 Å². The van der Waals surface area contributed by atoms with E-state index in [4.69, 9.17) is 57.4 Å². The quantitative estimate of drug-likeness (QED) is 0.0710. The third kappa shape index (κ3) is 16.7. The highest BCUT2D eigenvalue weighted by Gasteiger charge is 2.29. The Morgan fingerprint density at radius 2 is 1.40 bits per heavy atom. The molecule has 0 saturated carbocycles. The Kier molecular flexibility index (Phi) is 22.2. The summed E-state index contributed by atoms with van der Waals surface area (Å²) in [5.41, 5.74) is 20.6. The first-order valence-corrected chi connectivity index (χ1v) is 27.5. The number of ether oxygens (including phenoxy) is 3. The Bertz CT molecular complexity index is 4250. The van der Waals surface area contributed by atoms with Gasteiger partial charge in [0, 0.05) is 60.6 Å². The SMILES string of the molecule is CNCc1cc(C#N)on1.C[C@@H](Oc1nc(Br)cnc1N)c1cc(F)ccc1C(=O)O.C[C@H]1Oc2nc(cnc2N)-c2c(noc2C#N)CN(C)C(=O)c2ccc(F)cc21.[C-]#[N+]c1cc(CN(C)C(=O)c2ccc(F)cc2[C@@H](C)Oc2nc(Br)cnc2N)no1. The van der Waals surface area contributed by atoms with E-state index in [1.165, 1.54) is 76.9 Å². The molecule has 0 radical (unpaired) electrons. The van der Waals surface area contributed by atoms with Gasteiger partial charge in [-0.15, -0.1) is 0 Å². The average molecular weight is 1360 g/mol. The summed E-state index contributed by atoms with van der Waals surface area (Å²) in [6.45, 7) is 12.6. The van der Waals surface area contributed by atoms with Gasteiger partial charge in [0.2, 0.25) is 11.5 Å². The molecular formula is C57H49Br2F3N18O10. The van der Waals surface area contributed by atoms with Crippen molar-refractivity contribution in [3.8, 4) is 41.0 Å². The molecule has 3 aromatic carbocycles. The van der Waals surface area contributed by atoms with Crippen LogP contribution in [-0.4, -0.2) is 99.2 Å². The fourth-order valence-corrected chi connectivity index (χ4v) is 8.75. The maximum atomic E-state index is 14.0. The Balaban J connectivity index is 0.000000180. The zero-order chi connectivity index (χ0) is 65.5. The maximum Gasteiger partial charge on any atom is 0.367 e. The number of fused-ring (bicyclic) bond motifs is 5. The predicted molar refractivity (Wildman–Crippen MR) is 317 cm³/mol. The Labute approximate surface area is 525 Å². The van der Waals surface area contributed by atoms with Crippen LogP contribution in [-0.2, 0) is 19.6 Å². The number of carboxylic acids is 1. The van der Waals surface area contributed by atoms with Gasteiger partial charge in [0.15, 0.2) is 17.5 Å². The second kappa shape index (κ2) is 30.0. The number of hydrogen-bond acceptors (Lipinski definition) is 24.